The zero-order valence-corrected chi connectivity index (χ0v) is 19.5. The van der Waals surface area contributed by atoms with Crippen molar-refractivity contribution in [2.45, 2.75) is 45.6 Å². The number of benzene rings is 2. The van der Waals surface area contributed by atoms with Gasteiger partial charge in [0.15, 0.2) is 6.10 Å². The molecule has 2 aliphatic rings. The summed E-state index contributed by atoms with van der Waals surface area (Å²) in [6.45, 7) is 7.96. The summed E-state index contributed by atoms with van der Waals surface area (Å²) in [6, 6.07) is 13.0. The first kappa shape index (κ1) is 23.1. The van der Waals surface area contributed by atoms with Crippen LogP contribution in [0.15, 0.2) is 42.5 Å². The van der Waals surface area contributed by atoms with E-state index in [-0.39, 0.29) is 18.2 Å². The largest absolute Gasteiger partial charge is 0.494 e. The molecular formula is C26H33N3O4. The molecule has 2 heterocycles. The van der Waals surface area contributed by atoms with Crippen molar-refractivity contribution in [3.05, 3.63) is 48.0 Å². The Balaban J connectivity index is 1.43. The molecule has 1 unspecified atom stereocenters. The summed E-state index contributed by atoms with van der Waals surface area (Å²) >= 11 is 0. The van der Waals surface area contributed by atoms with Gasteiger partial charge in [0.05, 0.1) is 18.7 Å². The van der Waals surface area contributed by atoms with Gasteiger partial charge >= 0.3 is 0 Å². The van der Waals surface area contributed by atoms with Gasteiger partial charge in [0.25, 0.3) is 5.91 Å². The summed E-state index contributed by atoms with van der Waals surface area (Å²) < 4.78 is 11.3. The van der Waals surface area contributed by atoms with Crippen LogP contribution in [-0.2, 0) is 16.0 Å². The minimum atomic E-state index is -0.515. The number of likely N-dealkylation sites (tertiary alicyclic amines) is 1. The maximum atomic E-state index is 12.9. The van der Waals surface area contributed by atoms with Gasteiger partial charge in [-0.05, 0) is 75.7 Å². The fourth-order valence-electron chi connectivity index (χ4n) is 4.40. The molecule has 1 saturated heterocycles. The van der Waals surface area contributed by atoms with E-state index in [0.717, 1.165) is 30.9 Å². The first-order chi connectivity index (χ1) is 16.0. The molecule has 2 aromatic rings. The smallest absolute Gasteiger partial charge is 0.267 e. The number of rotatable bonds is 8. The summed E-state index contributed by atoms with van der Waals surface area (Å²) in [5.74, 6) is 1.30. The Labute approximate surface area is 195 Å². The molecule has 4 rings (SSSR count). The second kappa shape index (κ2) is 10.7. The maximum absolute atomic E-state index is 12.9. The molecule has 0 aromatic heterocycles. The molecule has 0 aliphatic carbocycles. The molecule has 33 heavy (non-hydrogen) atoms. The molecule has 7 heteroatoms. The Kier molecular flexibility index (Phi) is 7.50. The number of fused-ring (bicyclic) bond motifs is 1. The Morgan fingerprint density at radius 1 is 1.09 bits per heavy atom. The SMILES string of the molecule is CCOc1ccc(CC(=O)Nc2ccc3c(c2)N(CCN2CCCCC2)C(=O)C(C)O3)cc1. The molecule has 2 aromatic carbocycles. The number of hydrogen-bond acceptors (Lipinski definition) is 5. The predicted octanol–water partition coefficient (Wildman–Crippen LogP) is 3.87. The van der Waals surface area contributed by atoms with Crippen molar-refractivity contribution in [3.63, 3.8) is 0 Å². The van der Waals surface area contributed by atoms with E-state index < -0.39 is 6.10 Å². The van der Waals surface area contributed by atoms with E-state index in [4.69, 9.17) is 9.47 Å². The highest BCUT2D eigenvalue weighted by molar-refractivity contribution is 6.01. The monoisotopic (exact) mass is 451 g/mol. The van der Waals surface area contributed by atoms with Crippen LogP contribution in [0.3, 0.4) is 0 Å². The van der Waals surface area contributed by atoms with Gasteiger partial charge in [-0.2, -0.15) is 0 Å². The van der Waals surface area contributed by atoms with Crippen LogP contribution in [0.4, 0.5) is 11.4 Å². The zero-order valence-electron chi connectivity index (χ0n) is 19.5. The lowest BCUT2D eigenvalue weighted by molar-refractivity contribution is -0.125. The van der Waals surface area contributed by atoms with E-state index in [1.807, 2.05) is 49.4 Å². The van der Waals surface area contributed by atoms with E-state index in [0.29, 0.717) is 30.3 Å². The highest BCUT2D eigenvalue weighted by Crippen LogP contribution is 2.36. The molecule has 7 nitrogen and oxygen atoms in total. The Morgan fingerprint density at radius 2 is 1.85 bits per heavy atom. The highest BCUT2D eigenvalue weighted by atomic mass is 16.5. The van der Waals surface area contributed by atoms with Crippen LogP contribution < -0.4 is 19.7 Å². The third kappa shape index (κ3) is 5.85. The number of piperidine rings is 1. The third-order valence-electron chi connectivity index (χ3n) is 6.14. The third-order valence-corrected chi connectivity index (χ3v) is 6.14. The van der Waals surface area contributed by atoms with Crippen LogP contribution >= 0.6 is 0 Å². The number of anilines is 2. The fourth-order valence-corrected chi connectivity index (χ4v) is 4.40. The number of carbonyl (C=O) groups excluding carboxylic acids is 2. The van der Waals surface area contributed by atoms with Gasteiger partial charge in [-0.25, -0.2) is 0 Å². The number of carbonyl (C=O) groups is 2. The number of amides is 2. The molecule has 0 saturated carbocycles. The van der Waals surface area contributed by atoms with Crippen molar-refractivity contribution >= 4 is 23.2 Å². The van der Waals surface area contributed by atoms with Crippen molar-refractivity contribution in [1.82, 2.24) is 4.90 Å². The van der Waals surface area contributed by atoms with Crippen LogP contribution in [0, 0.1) is 0 Å². The molecule has 0 spiro atoms. The fraction of sp³-hybridized carbons (Fsp3) is 0.462. The van der Waals surface area contributed by atoms with Crippen molar-refractivity contribution in [3.8, 4) is 11.5 Å². The van der Waals surface area contributed by atoms with Gasteiger partial charge in [-0.3, -0.25) is 9.59 Å². The van der Waals surface area contributed by atoms with Crippen molar-refractivity contribution in [2.75, 3.05) is 43.0 Å². The lowest BCUT2D eigenvalue weighted by Gasteiger charge is -2.35. The molecule has 0 bridgehead atoms. The number of hydrogen-bond donors (Lipinski definition) is 1. The van der Waals surface area contributed by atoms with Gasteiger partial charge in [0.1, 0.15) is 11.5 Å². The average molecular weight is 452 g/mol. The molecule has 2 aliphatic heterocycles. The van der Waals surface area contributed by atoms with Gasteiger partial charge in [-0.15, -0.1) is 0 Å². The van der Waals surface area contributed by atoms with Crippen LogP contribution in [-0.4, -0.2) is 55.6 Å². The first-order valence-electron chi connectivity index (χ1n) is 11.9. The lowest BCUT2D eigenvalue weighted by Crippen LogP contribution is -2.48. The highest BCUT2D eigenvalue weighted by Gasteiger charge is 2.32. The minimum absolute atomic E-state index is 0.0441. The van der Waals surface area contributed by atoms with Crippen molar-refractivity contribution < 1.29 is 19.1 Å². The molecule has 1 fully saturated rings. The Morgan fingerprint density at radius 3 is 2.58 bits per heavy atom. The van der Waals surface area contributed by atoms with E-state index in [2.05, 4.69) is 10.2 Å². The van der Waals surface area contributed by atoms with E-state index in [1.165, 1.54) is 19.3 Å². The maximum Gasteiger partial charge on any atom is 0.267 e. The Hall–Kier alpha value is -3.06. The molecule has 2 amide bonds. The summed E-state index contributed by atoms with van der Waals surface area (Å²) in [5.41, 5.74) is 2.27. The second-order valence-corrected chi connectivity index (χ2v) is 8.64. The van der Waals surface area contributed by atoms with Crippen LogP contribution in [0.1, 0.15) is 38.7 Å². The summed E-state index contributed by atoms with van der Waals surface area (Å²) in [6.07, 6.45) is 3.46. The number of nitrogens with zero attached hydrogens (tertiary/aromatic N) is 2. The van der Waals surface area contributed by atoms with E-state index >= 15 is 0 Å². The zero-order chi connectivity index (χ0) is 23.2. The summed E-state index contributed by atoms with van der Waals surface area (Å²) in [4.78, 5) is 29.7. The molecular weight excluding hydrogens is 418 g/mol. The number of nitrogens with one attached hydrogen (secondary N) is 1. The standard InChI is InChI=1S/C26H33N3O4/c1-3-32-22-10-7-20(8-11-22)17-25(30)27-21-9-12-24-23(18-21)29(26(31)19(2)33-24)16-15-28-13-5-4-6-14-28/h7-12,18-19H,3-6,13-17H2,1-2H3,(H,27,30). The lowest BCUT2D eigenvalue weighted by atomic mass is 10.1. The van der Waals surface area contributed by atoms with Crippen LogP contribution in [0.2, 0.25) is 0 Å². The molecule has 0 radical (unpaired) electrons. The van der Waals surface area contributed by atoms with Gasteiger partial charge < -0.3 is 24.6 Å². The van der Waals surface area contributed by atoms with Crippen LogP contribution in [0.25, 0.3) is 0 Å². The van der Waals surface area contributed by atoms with E-state index in [1.54, 1.807) is 11.8 Å². The predicted molar refractivity (Wildman–Crippen MR) is 129 cm³/mol. The van der Waals surface area contributed by atoms with Gasteiger partial charge in [0, 0.05) is 18.8 Å². The number of ether oxygens (including phenoxy) is 2. The van der Waals surface area contributed by atoms with E-state index in [9.17, 15) is 9.59 Å². The van der Waals surface area contributed by atoms with Crippen LogP contribution in [0.5, 0.6) is 11.5 Å². The van der Waals surface area contributed by atoms with Crippen molar-refractivity contribution in [2.24, 2.45) is 0 Å². The van der Waals surface area contributed by atoms with Gasteiger partial charge in [0.2, 0.25) is 5.91 Å². The normalized spacial score (nSPS) is 18.4. The average Bonchev–Trinajstić information content (AvgIpc) is 2.82. The second-order valence-electron chi connectivity index (χ2n) is 8.64. The topological polar surface area (TPSA) is 71.1 Å². The Bertz CT molecular complexity index is 970. The van der Waals surface area contributed by atoms with Crippen molar-refractivity contribution in [1.29, 1.82) is 0 Å². The molecule has 1 N–H and O–H groups in total. The summed E-state index contributed by atoms with van der Waals surface area (Å²) in [5, 5.41) is 2.96. The minimum Gasteiger partial charge on any atom is -0.494 e. The quantitative estimate of drug-likeness (QED) is 0.660. The molecule has 1 atom stereocenters. The first-order valence-corrected chi connectivity index (χ1v) is 11.9. The summed E-state index contributed by atoms with van der Waals surface area (Å²) in [7, 11) is 0. The molecule has 176 valence electrons. The van der Waals surface area contributed by atoms with Gasteiger partial charge in [-0.1, -0.05) is 18.6 Å².